The Morgan fingerprint density at radius 2 is 1.26 bits per heavy atom. The number of ether oxygens (including phenoxy) is 3. The smallest absolute Gasteiger partial charge is 0.258 e. The Hall–Kier alpha value is -3.54. The summed E-state index contributed by atoms with van der Waals surface area (Å²) in [5, 5.41) is 2.34. The zero-order valence-corrected chi connectivity index (χ0v) is 15.2. The molecule has 0 saturated carbocycles. The molecule has 0 radical (unpaired) electrons. The second-order valence-electron chi connectivity index (χ2n) is 5.77. The minimum Gasteiger partial charge on any atom is -0.493 e. The number of nitrogens with one attached hydrogen (secondary N) is 1. The molecule has 27 heavy (non-hydrogen) atoms. The van der Waals surface area contributed by atoms with E-state index in [9.17, 15) is 9.59 Å². The first-order valence-electron chi connectivity index (χ1n) is 8.22. The van der Waals surface area contributed by atoms with Crippen molar-refractivity contribution in [2.24, 2.45) is 0 Å². The van der Waals surface area contributed by atoms with Crippen LogP contribution in [0.3, 0.4) is 0 Å². The van der Waals surface area contributed by atoms with Crippen LogP contribution in [0.2, 0.25) is 0 Å². The average molecular weight is 365 g/mol. The van der Waals surface area contributed by atoms with Crippen LogP contribution in [0.4, 0.5) is 0 Å². The largest absolute Gasteiger partial charge is 0.493 e. The summed E-state index contributed by atoms with van der Waals surface area (Å²) >= 11 is 0. The fourth-order valence-electron chi connectivity index (χ4n) is 2.84. The summed E-state index contributed by atoms with van der Waals surface area (Å²) in [6.07, 6.45) is 3.31. The summed E-state index contributed by atoms with van der Waals surface area (Å²) in [4.78, 5) is 24.5. The third-order valence-electron chi connectivity index (χ3n) is 4.12. The minimum absolute atomic E-state index is 0.276. The number of methoxy groups -OCH3 is 3. The van der Waals surface area contributed by atoms with Crippen LogP contribution in [-0.2, 0) is 9.59 Å². The first-order chi connectivity index (χ1) is 13.1. The summed E-state index contributed by atoms with van der Waals surface area (Å²) in [5.74, 6) is 0.497. The van der Waals surface area contributed by atoms with E-state index in [0.29, 0.717) is 28.4 Å². The van der Waals surface area contributed by atoms with Crippen molar-refractivity contribution in [3.63, 3.8) is 0 Å². The Bertz CT molecular complexity index is 919. The van der Waals surface area contributed by atoms with Crippen molar-refractivity contribution < 1.29 is 23.8 Å². The maximum atomic E-state index is 12.3. The molecule has 138 valence electrons. The highest BCUT2D eigenvalue weighted by molar-refractivity contribution is 6.28. The molecule has 0 spiro atoms. The highest BCUT2D eigenvalue weighted by atomic mass is 16.5. The predicted octanol–water partition coefficient (Wildman–Crippen LogP) is 2.84. The lowest BCUT2D eigenvalue weighted by Gasteiger charge is -2.13. The molecule has 2 aromatic rings. The molecule has 6 heteroatoms. The Morgan fingerprint density at radius 1 is 0.741 bits per heavy atom. The van der Waals surface area contributed by atoms with Gasteiger partial charge in [-0.1, -0.05) is 30.3 Å². The predicted molar refractivity (Wildman–Crippen MR) is 102 cm³/mol. The summed E-state index contributed by atoms with van der Waals surface area (Å²) in [5.41, 5.74) is 2.05. The molecule has 0 atom stereocenters. The fraction of sp³-hybridized carbons (Fsp3) is 0.143. The number of amides is 2. The van der Waals surface area contributed by atoms with Gasteiger partial charge < -0.3 is 14.2 Å². The lowest BCUT2D eigenvalue weighted by atomic mass is 10.0. The number of rotatable bonds is 5. The van der Waals surface area contributed by atoms with E-state index >= 15 is 0 Å². The van der Waals surface area contributed by atoms with Crippen LogP contribution in [-0.4, -0.2) is 33.1 Å². The molecule has 2 amide bonds. The van der Waals surface area contributed by atoms with Gasteiger partial charge in [0.2, 0.25) is 5.75 Å². The number of carbonyl (C=O) groups excluding carboxylic acids is 2. The Kier molecular flexibility index (Phi) is 5.26. The van der Waals surface area contributed by atoms with Crippen LogP contribution in [0.1, 0.15) is 11.1 Å². The summed E-state index contributed by atoms with van der Waals surface area (Å²) < 4.78 is 16.0. The maximum absolute atomic E-state index is 12.3. The van der Waals surface area contributed by atoms with Crippen molar-refractivity contribution in [2.45, 2.75) is 0 Å². The van der Waals surface area contributed by atoms with Gasteiger partial charge in [0, 0.05) is 0 Å². The Labute approximate surface area is 157 Å². The van der Waals surface area contributed by atoms with E-state index in [-0.39, 0.29) is 5.57 Å². The third-order valence-corrected chi connectivity index (χ3v) is 4.12. The lowest BCUT2D eigenvalue weighted by molar-refractivity contribution is -0.123. The van der Waals surface area contributed by atoms with E-state index < -0.39 is 11.8 Å². The molecule has 2 aromatic carbocycles. The molecular weight excluding hydrogens is 346 g/mol. The molecule has 3 rings (SSSR count). The topological polar surface area (TPSA) is 73.9 Å². The first-order valence-corrected chi connectivity index (χ1v) is 8.22. The minimum atomic E-state index is -0.448. The van der Waals surface area contributed by atoms with E-state index in [4.69, 9.17) is 14.2 Å². The van der Waals surface area contributed by atoms with Gasteiger partial charge in [0.25, 0.3) is 11.8 Å². The highest BCUT2D eigenvalue weighted by Crippen LogP contribution is 2.39. The zero-order chi connectivity index (χ0) is 19.4. The van der Waals surface area contributed by atoms with Gasteiger partial charge in [-0.3, -0.25) is 14.9 Å². The van der Waals surface area contributed by atoms with Crippen LogP contribution in [0.5, 0.6) is 17.2 Å². The van der Waals surface area contributed by atoms with E-state index in [2.05, 4.69) is 5.32 Å². The van der Waals surface area contributed by atoms with Gasteiger partial charge >= 0.3 is 0 Å². The van der Waals surface area contributed by atoms with Crippen molar-refractivity contribution in [3.05, 3.63) is 64.7 Å². The number of benzene rings is 2. The van der Waals surface area contributed by atoms with Crippen molar-refractivity contribution in [2.75, 3.05) is 21.3 Å². The van der Waals surface area contributed by atoms with Gasteiger partial charge in [0.1, 0.15) is 0 Å². The molecule has 1 aliphatic heterocycles. The molecule has 0 aliphatic carbocycles. The van der Waals surface area contributed by atoms with Gasteiger partial charge in [0.05, 0.1) is 32.5 Å². The van der Waals surface area contributed by atoms with Gasteiger partial charge in [0.15, 0.2) is 11.5 Å². The molecular formula is C21H19NO5. The zero-order valence-electron chi connectivity index (χ0n) is 15.2. The molecule has 1 fully saturated rings. The van der Waals surface area contributed by atoms with E-state index in [1.165, 1.54) is 21.3 Å². The van der Waals surface area contributed by atoms with Crippen molar-refractivity contribution in [1.29, 1.82) is 0 Å². The quantitative estimate of drug-likeness (QED) is 0.651. The normalized spacial score (nSPS) is 16.6. The molecule has 0 unspecified atom stereocenters. The Morgan fingerprint density at radius 3 is 1.74 bits per heavy atom. The second-order valence-corrected chi connectivity index (χ2v) is 5.77. The van der Waals surface area contributed by atoms with E-state index in [0.717, 1.165) is 5.56 Å². The fourth-order valence-corrected chi connectivity index (χ4v) is 2.84. The van der Waals surface area contributed by atoms with Crippen LogP contribution in [0.15, 0.2) is 53.6 Å². The number of carbonyl (C=O) groups is 2. The molecule has 1 aliphatic rings. The van der Waals surface area contributed by atoms with Crippen LogP contribution >= 0.6 is 0 Å². The van der Waals surface area contributed by atoms with Gasteiger partial charge in [-0.15, -0.1) is 0 Å². The molecule has 0 bridgehead atoms. The summed E-state index contributed by atoms with van der Waals surface area (Å²) in [6, 6.07) is 12.8. The van der Waals surface area contributed by atoms with Crippen LogP contribution in [0.25, 0.3) is 12.2 Å². The number of hydrogen-bond acceptors (Lipinski definition) is 5. The van der Waals surface area contributed by atoms with Crippen molar-refractivity contribution >= 4 is 24.0 Å². The molecule has 1 heterocycles. The Balaban J connectivity index is 2.10. The second kappa shape index (κ2) is 7.78. The average Bonchev–Trinajstić information content (AvgIpc) is 2.94. The summed E-state index contributed by atoms with van der Waals surface area (Å²) in [7, 11) is 4.55. The first kappa shape index (κ1) is 18.3. The molecule has 6 nitrogen and oxygen atoms in total. The van der Waals surface area contributed by atoms with Crippen LogP contribution < -0.4 is 19.5 Å². The standard InChI is InChI=1S/C21H19NO5/c1-25-17-11-14(12-18(26-2)19(17)27-3)10-16-15(20(23)22-21(16)24)9-13-7-5-4-6-8-13/h4-12H,1-3H3,(H,22,23,24)/b15-9-,16-10-. The molecule has 1 N–H and O–H groups in total. The van der Waals surface area contributed by atoms with Crippen molar-refractivity contribution in [3.8, 4) is 17.2 Å². The highest BCUT2D eigenvalue weighted by Gasteiger charge is 2.30. The van der Waals surface area contributed by atoms with Gasteiger partial charge in [-0.25, -0.2) is 0 Å². The maximum Gasteiger partial charge on any atom is 0.258 e. The monoisotopic (exact) mass is 365 g/mol. The van der Waals surface area contributed by atoms with E-state index in [1.807, 2.05) is 30.3 Å². The molecule has 0 aromatic heterocycles. The van der Waals surface area contributed by atoms with E-state index in [1.54, 1.807) is 24.3 Å². The number of imide groups is 1. The molecule has 1 saturated heterocycles. The SMILES string of the molecule is COc1cc(/C=C2\C(=O)NC(=O)\C2=C/c2ccccc2)cc(OC)c1OC. The third kappa shape index (κ3) is 3.69. The van der Waals surface area contributed by atoms with Crippen molar-refractivity contribution in [1.82, 2.24) is 5.32 Å². The van der Waals surface area contributed by atoms with Crippen LogP contribution in [0, 0.1) is 0 Å². The van der Waals surface area contributed by atoms with Gasteiger partial charge in [-0.05, 0) is 35.4 Å². The van der Waals surface area contributed by atoms with Gasteiger partial charge in [-0.2, -0.15) is 0 Å². The number of hydrogen-bond donors (Lipinski definition) is 1. The summed E-state index contributed by atoms with van der Waals surface area (Å²) in [6.45, 7) is 0. The lowest BCUT2D eigenvalue weighted by Crippen LogP contribution is -2.19.